The molecule has 2 saturated heterocycles. The van der Waals surface area contributed by atoms with Crippen molar-refractivity contribution in [2.45, 2.75) is 63.3 Å². The molecular weight excluding hydrogens is 539 g/mol. The normalized spacial score (nSPS) is 22.7. The Balaban J connectivity index is 1.46. The number of hydrogen-bond acceptors (Lipinski definition) is 5. The Kier molecular flexibility index (Phi) is 8.29. The first-order valence-corrected chi connectivity index (χ1v) is 14.2. The van der Waals surface area contributed by atoms with Gasteiger partial charge in [0.2, 0.25) is 5.91 Å². The van der Waals surface area contributed by atoms with E-state index in [-0.39, 0.29) is 37.5 Å². The van der Waals surface area contributed by atoms with Crippen molar-refractivity contribution in [1.29, 1.82) is 0 Å². The lowest BCUT2D eigenvalue weighted by Crippen LogP contribution is -2.62. The van der Waals surface area contributed by atoms with Crippen molar-refractivity contribution < 1.29 is 32.6 Å². The van der Waals surface area contributed by atoms with Crippen LogP contribution in [0, 0.1) is 5.41 Å². The number of alkyl halides is 3. The summed E-state index contributed by atoms with van der Waals surface area (Å²) in [5.41, 5.74) is -0.901. The van der Waals surface area contributed by atoms with Gasteiger partial charge < -0.3 is 24.2 Å². The Morgan fingerprint density at radius 2 is 1.66 bits per heavy atom. The third-order valence-corrected chi connectivity index (χ3v) is 8.98. The minimum Gasteiger partial charge on any atom is -0.387 e. The summed E-state index contributed by atoms with van der Waals surface area (Å²) in [6.07, 6.45) is -1.72. The highest BCUT2D eigenvalue weighted by Crippen LogP contribution is 2.51. The number of benzene rings is 1. The zero-order valence-electron chi connectivity index (χ0n) is 23.0. The molecule has 2 aromatic rings. The molecule has 222 valence electrons. The number of aromatic nitrogens is 1. The maximum atomic E-state index is 13.7. The van der Waals surface area contributed by atoms with Gasteiger partial charge in [0.1, 0.15) is 0 Å². The number of amides is 2. The second kappa shape index (κ2) is 11.6. The van der Waals surface area contributed by atoms with Gasteiger partial charge in [0.25, 0.3) is 11.5 Å². The molecule has 0 bridgehead atoms. The molecule has 2 aliphatic heterocycles. The molecule has 1 aliphatic carbocycles. The molecule has 3 heterocycles. The molecule has 5 rings (SSSR count). The second-order valence-corrected chi connectivity index (χ2v) is 11.5. The van der Waals surface area contributed by atoms with Gasteiger partial charge in [-0.3, -0.25) is 14.4 Å². The number of carbonyl (C=O) groups excluding carboxylic acids is 2. The average Bonchev–Trinajstić information content (AvgIpc) is 3.44. The molecular formula is C30H36F3N3O5. The number of pyridine rings is 1. The van der Waals surface area contributed by atoms with Crippen LogP contribution in [0.25, 0.3) is 11.1 Å². The van der Waals surface area contributed by atoms with Crippen LogP contribution in [0.4, 0.5) is 13.2 Å². The standard InChI is InChI=1S/C30H36F3N3O5/c31-30(32,33)11-8-25(37)35-13-12-29(40,28(20-35)9-4-5-10-28)21-36-19-24(27(39)34-14-16-41-17-15-34)23(18-26(36)38)22-6-2-1-3-7-22/h1-3,6-7,18-19,40H,4-5,8-17,20-21H2. The van der Waals surface area contributed by atoms with Crippen molar-refractivity contribution >= 4 is 11.8 Å². The number of piperidine rings is 1. The summed E-state index contributed by atoms with van der Waals surface area (Å²) >= 11 is 0. The van der Waals surface area contributed by atoms with Crippen LogP contribution in [-0.4, -0.2) is 82.5 Å². The third kappa shape index (κ3) is 6.21. The zero-order valence-corrected chi connectivity index (χ0v) is 23.0. The van der Waals surface area contributed by atoms with Crippen LogP contribution >= 0.6 is 0 Å². The van der Waals surface area contributed by atoms with Crippen LogP contribution in [0.2, 0.25) is 0 Å². The summed E-state index contributed by atoms with van der Waals surface area (Å²) in [5, 5.41) is 12.1. The monoisotopic (exact) mass is 575 g/mol. The van der Waals surface area contributed by atoms with Gasteiger partial charge in [-0.25, -0.2) is 0 Å². The topological polar surface area (TPSA) is 92.1 Å². The lowest BCUT2D eigenvalue weighted by atomic mass is 9.65. The first kappa shape index (κ1) is 29.3. The molecule has 41 heavy (non-hydrogen) atoms. The van der Waals surface area contributed by atoms with Crippen molar-refractivity contribution in [2.24, 2.45) is 5.41 Å². The minimum absolute atomic E-state index is 0.0745. The maximum Gasteiger partial charge on any atom is 0.389 e. The predicted octanol–water partition coefficient (Wildman–Crippen LogP) is 3.85. The fourth-order valence-corrected chi connectivity index (χ4v) is 6.66. The van der Waals surface area contributed by atoms with Crippen molar-refractivity contribution in [1.82, 2.24) is 14.4 Å². The summed E-state index contributed by atoms with van der Waals surface area (Å²) < 4.78 is 45.0. The molecule has 0 radical (unpaired) electrons. The third-order valence-electron chi connectivity index (χ3n) is 8.98. The Morgan fingerprint density at radius 1 is 0.976 bits per heavy atom. The van der Waals surface area contributed by atoms with E-state index in [1.54, 1.807) is 4.90 Å². The van der Waals surface area contributed by atoms with E-state index in [4.69, 9.17) is 4.74 Å². The number of likely N-dealkylation sites (tertiary alicyclic amines) is 1. The first-order chi connectivity index (χ1) is 19.5. The van der Waals surface area contributed by atoms with Crippen molar-refractivity contribution in [2.75, 3.05) is 39.4 Å². The van der Waals surface area contributed by atoms with Crippen LogP contribution in [0.3, 0.4) is 0 Å². The van der Waals surface area contributed by atoms with E-state index in [0.717, 1.165) is 18.4 Å². The number of hydrogen-bond donors (Lipinski definition) is 1. The van der Waals surface area contributed by atoms with Crippen LogP contribution in [0.15, 0.2) is 47.4 Å². The van der Waals surface area contributed by atoms with Gasteiger partial charge in [0.15, 0.2) is 0 Å². The molecule has 11 heteroatoms. The average molecular weight is 576 g/mol. The van der Waals surface area contributed by atoms with Gasteiger partial charge in [-0.05, 0) is 24.8 Å². The highest BCUT2D eigenvalue weighted by Gasteiger charge is 2.55. The van der Waals surface area contributed by atoms with Crippen LogP contribution < -0.4 is 5.56 Å². The number of halogens is 3. The highest BCUT2D eigenvalue weighted by atomic mass is 19.4. The van der Waals surface area contributed by atoms with Gasteiger partial charge in [0.05, 0.1) is 37.3 Å². The zero-order chi connectivity index (χ0) is 29.3. The van der Waals surface area contributed by atoms with Crippen molar-refractivity contribution in [3.05, 3.63) is 58.5 Å². The fraction of sp³-hybridized carbons (Fsp3) is 0.567. The number of carbonyl (C=O) groups is 2. The number of nitrogens with zero attached hydrogens (tertiary/aromatic N) is 3. The van der Waals surface area contributed by atoms with E-state index in [1.165, 1.54) is 21.7 Å². The molecule has 2 amide bonds. The van der Waals surface area contributed by atoms with E-state index < -0.39 is 35.9 Å². The summed E-state index contributed by atoms with van der Waals surface area (Å²) in [5.74, 6) is -0.799. The lowest BCUT2D eigenvalue weighted by molar-refractivity contribution is -0.166. The molecule has 3 fully saturated rings. The van der Waals surface area contributed by atoms with E-state index >= 15 is 0 Å². The van der Waals surface area contributed by atoms with E-state index in [0.29, 0.717) is 50.3 Å². The Hall–Kier alpha value is -3.18. The molecule has 8 nitrogen and oxygen atoms in total. The predicted molar refractivity (Wildman–Crippen MR) is 145 cm³/mol. The minimum atomic E-state index is -4.42. The Bertz CT molecular complexity index is 1320. The van der Waals surface area contributed by atoms with E-state index in [2.05, 4.69) is 0 Å². The molecule has 3 aliphatic rings. The first-order valence-electron chi connectivity index (χ1n) is 14.2. The van der Waals surface area contributed by atoms with E-state index in [1.807, 2.05) is 30.3 Å². The molecule has 1 aromatic heterocycles. The summed E-state index contributed by atoms with van der Waals surface area (Å²) in [6.45, 7) is 1.88. The number of rotatable bonds is 6. The quantitative estimate of drug-likeness (QED) is 0.565. The van der Waals surface area contributed by atoms with Gasteiger partial charge in [0, 0.05) is 55.8 Å². The largest absolute Gasteiger partial charge is 0.389 e. The summed E-state index contributed by atoms with van der Waals surface area (Å²) in [6, 6.07) is 10.6. The molecule has 1 unspecified atom stereocenters. The van der Waals surface area contributed by atoms with Gasteiger partial charge in [-0.1, -0.05) is 43.2 Å². The smallest absolute Gasteiger partial charge is 0.387 e. The molecule has 1 spiro atoms. The SMILES string of the molecule is O=C(CCC(F)(F)F)N1CCC(O)(Cn2cc(C(=O)N3CCOCC3)c(-c3ccccc3)cc2=O)C2(CCCC2)C1. The van der Waals surface area contributed by atoms with Gasteiger partial charge in [-0.2, -0.15) is 13.2 Å². The maximum absolute atomic E-state index is 13.7. The van der Waals surface area contributed by atoms with Crippen LogP contribution in [0.5, 0.6) is 0 Å². The van der Waals surface area contributed by atoms with Gasteiger partial charge in [-0.15, -0.1) is 0 Å². The second-order valence-electron chi connectivity index (χ2n) is 11.5. The molecule has 1 atom stereocenters. The fourth-order valence-electron chi connectivity index (χ4n) is 6.66. The van der Waals surface area contributed by atoms with Crippen LogP contribution in [-0.2, 0) is 16.1 Å². The summed E-state index contributed by atoms with van der Waals surface area (Å²) in [7, 11) is 0. The van der Waals surface area contributed by atoms with E-state index in [9.17, 15) is 32.7 Å². The van der Waals surface area contributed by atoms with Crippen LogP contribution in [0.1, 0.15) is 55.3 Å². The molecule has 1 aromatic carbocycles. The molecule has 1 saturated carbocycles. The Morgan fingerprint density at radius 3 is 2.32 bits per heavy atom. The number of aliphatic hydroxyl groups is 1. The van der Waals surface area contributed by atoms with Gasteiger partial charge >= 0.3 is 6.18 Å². The van der Waals surface area contributed by atoms with Crippen molar-refractivity contribution in [3.8, 4) is 11.1 Å². The number of morpholine rings is 1. The lowest BCUT2D eigenvalue weighted by Gasteiger charge is -2.52. The highest BCUT2D eigenvalue weighted by molar-refractivity contribution is 6.00. The Labute approximate surface area is 236 Å². The summed E-state index contributed by atoms with van der Waals surface area (Å²) in [4.78, 5) is 43.0. The number of ether oxygens (including phenoxy) is 1. The van der Waals surface area contributed by atoms with Crippen molar-refractivity contribution in [3.63, 3.8) is 0 Å². The molecule has 1 N–H and O–H groups in total.